The Morgan fingerprint density at radius 1 is 1.03 bits per heavy atom. The van der Waals surface area contributed by atoms with Gasteiger partial charge in [-0.15, -0.1) is 0 Å². The number of nitrogens with zero attached hydrogens (tertiary/aromatic N) is 4. The van der Waals surface area contributed by atoms with E-state index in [-0.39, 0.29) is 23.8 Å². The Kier molecular flexibility index (Phi) is 6.34. The first-order valence-electron chi connectivity index (χ1n) is 10.0. The second-order valence-electron chi connectivity index (χ2n) is 7.10. The Balaban J connectivity index is 1.73. The maximum atomic E-state index is 13.4. The minimum Gasteiger partial charge on any atom is -0.298 e. The van der Waals surface area contributed by atoms with Crippen LogP contribution >= 0.6 is 11.8 Å². The highest BCUT2D eigenvalue weighted by atomic mass is 32.2. The van der Waals surface area contributed by atoms with Gasteiger partial charge in [0.25, 0.3) is 5.56 Å². The van der Waals surface area contributed by atoms with E-state index in [1.54, 1.807) is 28.8 Å². The zero-order valence-electron chi connectivity index (χ0n) is 17.4. The summed E-state index contributed by atoms with van der Waals surface area (Å²) in [4.78, 5) is 32.5. The number of aryl methyl sites for hydroxylation is 1. The number of amides is 1. The van der Waals surface area contributed by atoms with Crippen molar-refractivity contribution in [1.82, 2.24) is 9.55 Å². The van der Waals surface area contributed by atoms with E-state index in [0.717, 1.165) is 11.3 Å². The molecule has 0 radical (unpaired) electrons. The molecule has 1 heterocycles. The summed E-state index contributed by atoms with van der Waals surface area (Å²) in [5.41, 5.74) is 2.70. The van der Waals surface area contributed by atoms with Gasteiger partial charge in [0.2, 0.25) is 5.91 Å². The van der Waals surface area contributed by atoms with E-state index in [0.29, 0.717) is 21.7 Å². The lowest BCUT2D eigenvalue weighted by Gasteiger charge is -2.20. The van der Waals surface area contributed by atoms with Crippen molar-refractivity contribution in [3.63, 3.8) is 0 Å². The molecule has 0 unspecified atom stereocenters. The van der Waals surface area contributed by atoms with Gasteiger partial charge in [0.15, 0.2) is 5.16 Å². The molecule has 0 aliphatic heterocycles. The molecule has 1 aromatic heterocycles. The van der Waals surface area contributed by atoms with E-state index < -0.39 is 0 Å². The Hall–Kier alpha value is -3.89. The average molecular weight is 441 g/mol. The molecule has 0 N–H and O–H groups in total. The summed E-state index contributed by atoms with van der Waals surface area (Å²) < 4.78 is 1.56. The third-order valence-corrected chi connectivity index (χ3v) is 5.95. The van der Waals surface area contributed by atoms with Gasteiger partial charge in [-0.1, -0.05) is 60.3 Å². The Morgan fingerprint density at radius 3 is 2.47 bits per heavy atom. The minimum absolute atomic E-state index is 0.0350. The highest BCUT2D eigenvalue weighted by Gasteiger charge is 2.19. The quantitative estimate of drug-likeness (QED) is 0.253. The highest BCUT2D eigenvalue weighted by molar-refractivity contribution is 7.99. The molecule has 0 aliphatic carbocycles. The number of fused-ring (bicyclic) bond motifs is 1. The van der Waals surface area contributed by atoms with Crippen molar-refractivity contribution >= 4 is 34.3 Å². The van der Waals surface area contributed by atoms with Crippen LogP contribution in [0.3, 0.4) is 0 Å². The molecule has 0 bridgehead atoms. The van der Waals surface area contributed by atoms with Gasteiger partial charge in [-0.2, -0.15) is 5.26 Å². The lowest BCUT2D eigenvalue weighted by Crippen LogP contribution is -2.33. The average Bonchev–Trinajstić information content (AvgIpc) is 2.82. The standard InChI is InChI=1S/C25H20N4O2S/c1-18-9-5-8-14-22(18)29-24(31)20-12-6-7-13-21(20)27-25(29)32-17-23(30)28(16-15-26)19-10-3-2-4-11-19/h2-14H,16-17H2,1H3. The van der Waals surface area contributed by atoms with Crippen LogP contribution in [-0.2, 0) is 4.79 Å². The number of para-hydroxylation sites is 3. The fourth-order valence-electron chi connectivity index (χ4n) is 3.44. The van der Waals surface area contributed by atoms with Crippen molar-refractivity contribution in [3.8, 4) is 11.8 Å². The van der Waals surface area contributed by atoms with Crippen LogP contribution in [0.25, 0.3) is 16.6 Å². The molecule has 4 aromatic rings. The predicted octanol–water partition coefficient (Wildman–Crippen LogP) is 4.34. The van der Waals surface area contributed by atoms with Crippen LogP contribution in [0.15, 0.2) is 88.8 Å². The van der Waals surface area contributed by atoms with Crippen molar-refractivity contribution in [1.29, 1.82) is 5.26 Å². The smallest absolute Gasteiger partial charge is 0.266 e. The van der Waals surface area contributed by atoms with E-state index in [9.17, 15) is 14.9 Å². The van der Waals surface area contributed by atoms with Crippen molar-refractivity contribution < 1.29 is 4.79 Å². The van der Waals surface area contributed by atoms with Crippen molar-refractivity contribution in [2.24, 2.45) is 0 Å². The monoisotopic (exact) mass is 440 g/mol. The molecule has 4 rings (SSSR count). The number of hydrogen-bond acceptors (Lipinski definition) is 5. The molecule has 32 heavy (non-hydrogen) atoms. The number of thioether (sulfide) groups is 1. The van der Waals surface area contributed by atoms with Gasteiger partial charge >= 0.3 is 0 Å². The van der Waals surface area contributed by atoms with Crippen molar-refractivity contribution in [2.45, 2.75) is 12.1 Å². The molecule has 3 aromatic carbocycles. The number of benzene rings is 3. The normalized spacial score (nSPS) is 10.6. The number of carbonyl (C=O) groups excluding carboxylic acids is 1. The number of aromatic nitrogens is 2. The van der Waals surface area contributed by atoms with E-state index >= 15 is 0 Å². The van der Waals surface area contributed by atoms with E-state index in [2.05, 4.69) is 0 Å². The third kappa shape index (κ3) is 4.27. The Bertz CT molecular complexity index is 1380. The van der Waals surface area contributed by atoms with Gasteiger partial charge in [0.1, 0.15) is 6.54 Å². The van der Waals surface area contributed by atoms with Gasteiger partial charge in [0, 0.05) is 5.69 Å². The number of nitriles is 1. The van der Waals surface area contributed by atoms with Crippen LogP contribution in [0.5, 0.6) is 0 Å². The van der Waals surface area contributed by atoms with Crippen LogP contribution in [0.1, 0.15) is 5.56 Å². The number of anilines is 1. The lowest BCUT2D eigenvalue weighted by atomic mass is 10.2. The predicted molar refractivity (Wildman–Crippen MR) is 127 cm³/mol. The second kappa shape index (κ2) is 9.50. The maximum absolute atomic E-state index is 13.4. The molecule has 7 heteroatoms. The van der Waals surface area contributed by atoms with E-state index in [1.807, 2.05) is 67.6 Å². The topological polar surface area (TPSA) is 79.0 Å². The second-order valence-corrected chi connectivity index (χ2v) is 8.04. The zero-order chi connectivity index (χ0) is 22.5. The zero-order valence-corrected chi connectivity index (χ0v) is 18.2. The van der Waals surface area contributed by atoms with Crippen molar-refractivity contribution in [3.05, 3.63) is 94.8 Å². The van der Waals surface area contributed by atoms with Gasteiger partial charge in [-0.3, -0.25) is 19.1 Å². The fraction of sp³-hybridized carbons (Fsp3) is 0.120. The first-order valence-corrected chi connectivity index (χ1v) is 11.0. The largest absolute Gasteiger partial charge is 0.298 e. The van der Waals surface area contributed by atoms with E-state index in [4.69, 9.17) is 4.98 Å². The molecule has 0 spiro atoms. The molecular formula is C25H20N4O2S. The molecular weight excluding hydrogens is 420 g/mol. The summed E-state index contributed by atoms with van der Waals surface area (Å²) in [6.07, 6.45) is 0. The number of hydrogen-bond donors (Lipinski definition) is 0. The van der Waals surface area contributed by atoms with Crippen LogP contribution in [0, 0.1) is 18.3 Å². The van der Waals surface area contributed by atoms with Crippen LogP contribution < -0.4 is 10.5 Å². The molecule has 0 saturated heterocycles. The van der Waals surface area contributed by atoms with Gasteiger partial charge in [-0.05, 0) is 42.8 Å². The summed E-state index contributed by atoms with van der Waals surface area (Å²) in [6, 6.07) is 25.9. The summed E-state index contributed by atoms with van der Waals surface area (Å²) in [5, 5.41) is 10.1. The first-order chi connectivity index (χ1) is 15.6. The van der Waals surface area contributed by atoms with Crippen LogP contribution in [-0.4, -0.2) is 27.8 Å². The summed E-state index contributed by atoms with van der Waals surface area (Å²) in [6.45, 7) is 1.87. The van der Waals surface area contributed by atoms with Crippen LogP contribution in [0.2, 0.25) is 0 Å². The van der Waals surface area contributed by atoms with Gasteiger partial charge < -0.3 is 0 Å². The molecule has 6 nitrogen and oxygen atoms in total. The molecule has 0 atom stereocenters. The first kappa shape index (κ1) is 21.3. The highest BCUT2D eigenvalue weighted by Crippen LogP contribution is 2.24. The summed E-state index contributed by atoms with van der Waals surface area (Å²) >= 11 is 1.19. The van der Waals surface area contributed by atoms with Gasteiger partial charge in [-0.25, -0.2) is 4.98 Å². The fourth-order valence-corrected chi connectivity index (χ4v) is 4.32. The van der Waals surface area contributed by atoms with E-state index in [1.165, 1.54) is 16.7 Å². The van der Waals surface area contributed by atoms with Crippen LogP contribution in [0.4, 0.5) is 5.69 Å². The Morgan fingerprint density at radius 2 is 1.72 bits per heavy atom. The molecule has 1 amide bonds. The lowest BCUT2D eigenvalue weighted by molar-refractivity contribution is -0.116. The summed E-state index contributed by atoms with van der Waals surface area (Å²) in [5.74, 6) is -0.200. The van der Waals surface area contributed by atoms with Crippen molar-refractivity contribution in [2.75, 3.05) is 17.2 Å². The minimum atomic E-state index is -0.235. The van der Waals surface area contributed by atoms with Gasteiger partial charge in [0.05, 0.1) is 28.4 Å². The molecule has 0 fully saturated rings. The number of carbonyl (C=O) groups is 1. The summed E-state index contributed by atoms with van der Waals surface area (Å²) in [7, 11) is 0. The maximum Gasteiger partial charge on any atom is 0.266 e. The third-order valence-electron chi connectivity index (χ3n) is 5.02. The molecule has 0 saturated carbocycles. The Labute approximate surface area is 189 Å². The number of rotatable bonds is 6. The molecule has 0 aliphatic rings. The molecule has 158 valence electrons. The SMILES string of the molecule is Cc1ccccc1-n1c(SCC(=O)N(CC#N)c2ccccc2)nc2ccccc2c1=O.